The van der Waals surface area contributed by atoms with E-state index in [-0.39, 0.29) is 16.3 Å². The van der Waals surface area contributed by atoms with Gasteiger partial charge in [0.15, 0.2) is 10.7 Å². The summed E-state index contributed by atoms with van der Waals surface area (Å²) in [5.41, 5.74) is -1.14. The largest absolute Gasteiger partial charge is 0.465 e. The van der Waals surface area contributed by atoms with E-state index in [1.54, 1.807) is 0 Å². The van der Waals surface area contributed by atoms with Crippen molar-refractivity contribution in [2.45, 2.75) is 18.7 Å². The van der Waals surface area contributed by atoms with Crippen molar-refractivity contribution in [1.29, 1.82) is 0 Å². The number of carbonyl (C=O) groups is 1. The fraction of sp³-hybridized carbons (Fsp3) is 0.231. The van der Waals surface area contributed by atoms with Gasteiger partial charge in [-0.2, -0.15) is 0 Å². The van der Waals surface area contributed by atoms with Crippen molar-refractivity contribution in [3.8, 4) is 0 Å². The van der Waals surface area contributed by atoms with Gasteiger partial charge in [-0.05, 0) is 19.9 Å². The summed E-state index contributed by atoms with van der Waals surface area (Å²) >= 11 is 0. The maximum absolute atomic E-state index is 13.8. The Bertz CT molecular complexity index is 857. The molecule has 2 rings (SSSR count). The van der Waals surface area contributed by atoms with Crippen LogP contribution >= 0.6 is 0 Å². The van der Waals surface area contributed by atoms with E-state index in [9.17, 15) is 22.0 Å². The van der Waals surface area contributed by atoms with Crippen LogP contribution in [0.2, 0.25) is 0 Å². The van der Waals surface area contributed by atoms with Gasteiger partial charge in [-0.1, -0.05) is 5.16 Å². The fourth-order valence-corrected chi connectivity index (χ4v) is 3.34. The molecule has 0 aliphatic rings. The van der Waals surface area contributed by atoms with Crippen LogP contribution < -0.4 is 4.72 Å². The first-order valence-corrected chi connectivity index (χ1v) is 7.68. The van der Waals surface area contributed by atoms with Crippen LogP contribution in [-0.2, 0) is 14.8 Å². The molecule has 23 heavy (non-hydrogen) atoms. The van der Waals surface area contributed by atoms with Crippen LogP contribution in [-0.4, -0.2) is 26.7 Å². The highest BCUT2D eigenvalue weighted by Crippen LogP contribution is 2.26. The summed E-state index contributed by atoms with van der Waals surface area (Å²) < 4.78 is 63.0. The van der Waals surface area contributed by atoms with Crippen LogP contribution in [0, 0.1) is 25.5 Å². The first-order valence-electron chi connectivity index (χ1n) is 6.20. The van der Waals surface area contributed by atoms with Crippen molar-refractivity contribution in [2.24, 2.45) is 0 Å². The monoisotopic (exact) mass is 346 g/mol. The van der Waals surface area contributed by atoms with E-state index in [2.05, 4.69) is 9.89 Å². The van der Waals surface area contributed by atoms with Crippen molar-refractivity contribution in [3.63, 3.8) is 0 Å². The molecule has 1 aromatic heterocycles. The predicted octanol–water partition coefficient (Wildman–Crippen LogP) is 2.16. The minimum absolute atomic E-state index is 0.00529. The zero-order valence-corrected chi connectivity index (χ0v) is 13.1. The highest BCUT2D eigenvalue weighted by atomic mass is 32.2. The normalized spacial score (nSPS) is 11.3. The van der Waals surface area contributed by atoms with Crippen molar-refractivity contribution in [1.82, 2.24) is 5.16 Å². The number of sulfonamides is 1. The maximum atomic E-state index is 13.8. The lowest BCUT2D eigenvalue weighted by Crippen LogP contribution is -2.16. The molecule has 1 heterocycles. The van der Waals surface area contributed by atoms with E-state index in [1.807, 2.05) is 4.72 Å². The second kappa shape index (κ2) is 5.95. The molecule has 0 atom stereocenters. The quantitative estimate of drug-likeness (QED) is 0.852. The molecule has 0 unspecified atom stereocenters. The second-order valence-electron chi connectivity index (χ2n) is 4.56. The maximum Gasteiger partial charge on any atom is 0.340 e. The second-order valence-corrected chi connectivity index (χ2v) is 6.18. The van der Waals surface area contributed by atoms with Crippen LogP contribution in [0.25, 0.3) is 0 Å². The van der Waals surface area contributed by atoms with Crippen molar-refractivity contribution in [3.05, 3.63) is 40.8 Å². The van der Waals surface area contributed by atoms with E-state index in [4.69, 9.17) is 4.52 Å². The molecule has 0 fully saturated rings. The van der Waals surface area contributed by atoms with Gasteiger partial charge < -0.3 is 9.26 Å². The first kappa shape index (κ1) is 16.9. The van der Waals surface area contributed by atoms with Gasteiger partial charge in [0.1, 0.15) is 17.3 Å². The van der Waals surface area contributed by atoms with Crippen LogP contribution in [0.1, 0.15) is 21.8 Å². The Balaban J connectivity index is 2.50. The number of carbonyl (C=O) groups excluding carboxylic acids is 1. The zero-order chi connectivity index (χ0) is 17.4. The highest BCUT2D eigenvalue weighted by molar-refractivity contribution is 7.92. The molecule has 10 heteroatoms. The number of ether oxygens (including phenoxy) is 1. The standard InChI is InChI=1S/C13H12F2N2O5S/c1-6-12(7(2)22-16-6)23(19,20)17-11-4-8(13(18)21-3)9(14)5-10(11)15/h4-5,17H,1-3H3. The summed E-state index contributed by atoms with van der Waals surface area (Å²) in [6.07, 6.45) is 0. The molecular formula is C13H12F2N2O5S. The third-order valence-corrected chi connectivity index (χ3v) is 4.55. The van der Waals surface area contributed by atoms with E-state index in [1.165, 1.54) is 13.8 Å². The number of hydrogen-bond acceptors (Lipinski definition) is 6. The van der Waals surface area contributed by atoms with Gasteiger partial charge in [-0.3, -0.25) is 4.72 Å². The molecule has 0 bridgehead atoms. The van der Waals surface area contributed by atoms with Gasteiger partial charge >= 0.3 is 5.97 Å². The first-order chi connectivity index (χ1) is 10.7. The Morgan fingerprint density at radius 2 is 1.91 bits per heavy atom. The Labute approximate surface area is 130 Å². The molecule has 0 amide bonds. The minimum atomic E-state index is -4.24. The number of benzene rings is 1. The number of nitrogens with one attached hydrogen (secondary N) is 1. The Hall–Kier alpha value is -2.49. The number of hydrogen-bond donors (Lipinski definition) is 1. The minimum Gasteiger partial charge on any atom is -0.465 e. The third-order valence-electron chi connectivity index (χ3n) is 2.94. The van der Waals surface area contributed by atoms with E-state index in [0.29, 0.717) is 12.1 Å². The molecule has 1 aromatic carbocycles. The van der Waals surface area contributed by atoms with E-state index >= 15 is 0 Å². The molecule has 0 radical (unpaired) electrons. The van der Waals surface area contributed by atoms with Gasteiger partial charge in [0.25, 0.3) is 10.0 Å². The number of esters is 1. The number of methoxy groups -OCH3 is 1. The Morgan fingerprint density at radius 3 is 2.43 bits per heavy atom. The molecule has 2 aromatic rings. The van der Waals surface area contributed by atoms with Crippen LogP contribution in [0.5, 0.6) is 0 Å². The van der Waals surface area contributed by atoms with Crippen LogP contribution in [0.3, 0.4) is 0 Å². The summed E-state index contributed by atoms with van der Waals surface area (Å²) in [5.74, 6) is -3.42. The molecule has 0 spiro atoms. The zero-order valence-electron chi connectivity index (χ0n) is 12.3. The lowest BCUT2D eigenvalue weighted by Gasteiger charge is -2.10. The number of halogens is 2. The van der Waals surface area contributed by atoms with Crippen molar-refractivity contribution in [2.75, 3.05) is 11.8 Å². The summed E-state index contributed by atoms with van der Waals surface area (Å²) in [6, 6.07) is 1.10. The van der Waals surface area contributed by atoms with Gasteiger partial charge in [0.2, 0.25) is 0 Å². The lowest BCUT2D eigenvalue weighted by molar-refractivity contribution is 0.0595. The van der Waals surface area contributed by atoms with Crippen molar-refractivity contribution < 1.29 is 31.3 Å². The summed E-state index contributed by atoms with van der Waals surface area (Å²) in [4.78, 5) is 11.2. The SMILES string of the molecule is COC(=O)c1cc(NS(=O)(=O)c2c(C)noc2C)c(F)cc1F. The number of anilines is 1. The van der Waals surface area contributed by atoms with E-state index < -0.39 is 38.9 Å². The number of rotatable bonds is 4. The lowest BCUT2D eigenvalue weighted by atomic mass is 10.2. The number of aryl methyl sites for hydroxylation is 2. The molecule has 124 valence electrons. The van der Waals surface area contributed by atoms with Crippen LogP contribution in [0.4, 0.5) is 14.5 Å². The van der Waals surface area contributed by atoms with Crippen molar-refractivity contribution >= 4 is 21.7 Å². The van der Waals surface area contributed by atoms with Crippen LogP contribution in [0.15, 0.2) is 21.6 Å². The average molecular weight is 346 g/mol. The topological polar surface area (TPSA) is 98.5 Å². The molecule has 1 N–H and O–H groups in total. The molecule has 0 aliphatic carbocycles. The molecule has 0 aliphatic heterocycles. The molecular weight excluding hydrogens is 334 g/mol. The number of nitrogens with zero attached hydrogens (tertiary/aromatic N) is 1. The summed E-state index contributed by atoms with van der Waals surface area (Å²) in [5, 5.41) is 3.50. The molecule has 0 saturated carbocycles. The average Bonchev–Trinajstić information content (AvgIpc) is 2.80. The van der Waals surface area contributed by atoms with Gasteiger partial charge in [-0.15, -0.1) is 0 Å². The van der Waals surface area contributed by atoms with E-state index in [0.717, 1.165) is 7.11 Å². The summed E-state index contributed by atoms with van der Waals surface area (Å²) in [7, 11) is -3.22. The third kappa shape index (κ3) is 3.16. The Kier molecular flexibility index (Phi) is 4.37. The summed E-state index contributed by atoms with van der Waals surface area (Å²) in [6.45, 7) is 2.77. The highest BCUT2D eigenvalue weighted by Gasteiger charge is 2.26. The Morgan fingerprint density at radius 1 is 1.26 bits per heavy atom. The predicted molar refractivity (Wildman–Crippen MR) is 74.5 cm³/mol. The molecule has 7 nitrogen and oxygen atoms in total. The van der Waals surface area contributed by atoms with Gasteiger partial charge in [-0.25, -0.2) is 22.0 Å². The van der Waals surface area contributed by atoms with Gasteiger partial charge in [0, 0.05) is 6.07 Å². The van der Waals surface area contributed by atoms with Gasteiger partial charge in [0.05, 0.1) is 18.4 Å². The smallest absolute Gasteiger partial charge is 0.340 e. The molecule has 0 saturated heterocycles. The number of aromatic nitrogens is 1. The fourth-order valence-electron chi connectivity index (χ4n) is 1.95.